The fourth-order valence-electron chi connectivity index (χ4n) is 3.40. The summed E-state index contributed by atoms with van der Waals surface area (Å²) >= 11 is 0. The largest absolute Gasteiger partial charge is 0.416 e. The number of urea groups is 1. The number of aliphatic hydroxyl groups excluding tert-OH is 2. The molecular weight excluding hydrogens is 383 g/mol. The van der Waals surface area contributed by atoms with Gasteiger partial charge in [0.2, 0.25) is 0 Å². The van der Waals surface area contributed by atoms with Crippen molar-refractivity contribution in [3.05, 3.63) is 23.9 Å². The Bertz CT molecular complexity index is 760. The van der Waals surface area contributed by atoms with Crippen LogP contribution in [0.4, 0.5) is 23.8 Å². The third-order valence-electron chi connectivity index (χ3n) is 4.90. The SMILES string of the molecule is CN1C[C@H](O[C@@H]2C[C@H](CO)C[C@H](O)C2=O)N(c2cc(C(F)(F)F)ccn2)C1=O. The van der Waals surface area contributed by atoms with E-state index in [0.717, 1.165) is 23.2 Å². The number of alkyl halides is 3. The number of likely N-dealkylation sites (N-methyl/N-ethyl adjacent to an activating group) is 1. The average Bonchev–Trinajstić information content (AvgIpc) is 2.91. The van der Waals surface area contributed by atoms with Crippen LogP contribution in [0.5, 0.6) is 0 Å². The van der Waals surface area contributed by atoms with Gasteiger partial charge in [0.05, 0.1) is 12.1 Å². The van der Waals surface area contributed by atoms with Crippen molar-refractivity contribution < 1.29 is 37.7 Å². The van der Waals surface area contributed by atoms with Crippen LogP contribution in [0.2, 0.25) is 0 Å². The highest BCUT2D eigenvalue weighted by atomic mass is 19.4. The van der Waals surface area contributed by atoms with Crippen molar-refractivity contribution in [2.24, 2.45) is 5.92 Å². The van der Waals surface area contributed by atoms with Gasteiger partial charge in [-0.1, -0.05) is 0 Å². The molecule has 154 valence electrons. The van der Waals surface area contributed by atoms with Crippen molar-refractivity contribution in [1.29, 1.82) is 0 Å². The molecule has 11 heteroatoms. The Balaban J connectivity index is 1.86. The van der Waals surface area contributed by atoms with Gasteiger partial charge in [0, 0.05) is 19.9 Å². The van der Waals surface area contributed by atoms with Gasteiger partial charge in [0.1, 0.15) is 18.0 Å². The molecule has 1 saturated heterocycles. The van der Waals surface area contributed by atoms with Crippen LogP contribution in [0.3, 0.4) is 0 Å². The summed E-state index contributed by atoms with van der Waals surface area (Å²) in [6, 6.07) is 0.900. The summed E-state index contributed by atoms with van der Waals surface area (Å²) in [6.45, 7) is -0.243. The zero-order chi connectivity index (χ0) is 20.6. The van der Waals surface area contributed by atoms with Crippen LogP contribution in [0, 0.1) is 5.92 Å². The normalized spacial score (nSPS) is 28.9. The van der Waals surface area contributed by atoms with Crippen molar-refractivity contribution in [2.45, 2.75) is 37.5 Å². The van der Waals surface area contributed by atoms with Gasteiger partial charge in [-0.15, -0.1) is 0 Å². The Morgan fingerprint density at radius 2 is 2.04 bits per heavy atom. The second-order valence-corrected chi connectivity index (χ2v) is 6.95. The van der Waals surface area contributed by atoms with E-state index in [1.165, 1.54) is 11.9 Å². The molecule has 1 aromatic rings. The maximum Gasteiger partial charge on any atom is 0.416 e. The third kappa shape index (κ3) is 3.96. The number of carbonyl (C=O) groups is 2. The van der Waals surface area contributed by atoms with Gasteiger partial charge in [0.15, 0.2) is 12.0 Å². The monoisotopic (exact) mass is 403 g/mol. The van der Waals surface area contributed by atoms with Gasteiger partial charge in [0.25, 0.3) is 0 Å². The van der Waals surface area contributed by atoms with Crippen LogP contribution in [0.1, 0.15) is 18.4 Å². The van der Waals surface area contributed by atoms with E-state index in [-0.39, 0.29) is 37.7 Å². The molecule has 1 aliphatic carbocycles. The minimum Gasteiger partial charge on any atom is -0.396 e. The summed E-state index contributed by atoms with van der Waals surface area (Å²) in [5.74, 6) is -1.19. The molecule has 28 heavy (non-hydrogen) atoms. The Morgan fingerprint density at radius 1 is 1.32 bits per heavy atom. The van der Waals surface area contributed by atoms with Gasteiger partial charge >= 0.3 is 12.2 Å². The Labute approximate surface area is 158 Å². The summed E-state index contributed by atoms with van der Waals surface area (Å²) in [7, 11) is 1.44. The van der Waals surface area contributed by atoms with Crippen molar-refractivity contribution in [3.63, 3.8) is 0 Å². The zero-order valence-electron chi connectivity index (χ0n) is 15.0. The van der Waals surface area contributed by atoms with Crippen LogP contribution >= 0.6 is 0 Å². The molecule has 0 bridgehead atoms. The zero-order valence-corrected chi connectivity index (χ0v) is 15.0. The van der Waals surface area contributed by atoms with Crippen molar-refractivity contribution in [2.75, 3.05) is 25.1 Å². The number of hydrogen-bond donors (Lipinski definition) is 2. The number of amides is 2. The average molecular weight is 403 g/mol. The number of pyridine rings is 1. The predicted molar refractivity (Wildman–Crippen MR) is 89.2 cm³/mol. The molecule has 2 heterocycles. The van der Waals surface area contributed by atoms with E-state index in [1.54, 1.807) is 0 Å². The number of aromatic nitrogens is 1. The molecule has 0 aromatic carbocycles. The lowest BCUT2D eigenvalue weighted by molar-refractivity contribution is -0.150. The molecule has 1 saturated carbocycles. The number of halogens is 3. The molecule has 1 aliphatic heterocycles. The second kappa shape index (κ2) is 7.64. The van der Waals surface area contributed by atoms with E-state index in [0.29, 0.717) is 0 Å². The standard InChI is InChI=1S/C17H20F3N3O5/c1-22-7-14(28-12-5-9(8-24)4-11(25)15(12)26)23(16(22)27)13-6-10(2-3-21-13)17(18,19)20/h2-3,6,9,11-12,14,24-25H,4-5,7-8H2,1H3/t9-,11+,12-,14+/m1/s1. The molecule has 2 fully saturated rings. The van der Waals surface area contributed by atoms with Gasteiger partial charge in [-0.2, -0.15) is 13.2 Å². The lowest BCUT2D eigenvalue weighted by Gasteiger charge is -2.33. The number of ketones is 1. The fraction of sp³-hybridized carbons (Fsp3) is 0.588. The molecule has 0 unspecified atom stereocenters. The maximum absolute atomic E-state index is 13.0. The molecule has 2 aliphatic rings. The third-order valence-corrected chi connectivity index (χ3v) is 4.90. The molecular formula is C17H20F3N3O5. The highest BCUT2D eigenvalue weighted by molar-refractivity contribution is 5.94. The first-order valence-electron chi connectivity index (χ1n) is 8.67. The maximum atomic E-state index is 13.0. The predicted octanol–water partition coefficient (Wildman–Crippen LogP) is 1.02. The number of carbonyl (C=O) groups excluding carboxylic acids is 2. The van der Waals surface area contributed by atoms with Gasteiger partial charge in [-0.3, -0.25) is 4.79 Å². The Morgan fingerprint density at radius 3 is 2.68 bits per heavy atom. The first-order chi connectivity index (χ1) is 13.1. The highest BCUT2D eigenvalue weighted by Crippen LogP contribution is 2.33. The molecule has 1 aromatic heterocycles. The number of rotatable bonds is 4. The van der Waals surface area contributed by atoms with Crippen LogP contribution < -0.4 is 4.90 Å². The number of anilines is 1. The molecule has 2 amide bonds. The molecule has 2 N–H and O–H groups in total. The van der Waals surface area contributed by atoms with E-state index in [2.05, 4.69) is 4.98 Å². The van der Waals surface area contributed by atoms with Gasteiger partial charge < -0.3 is 19.8 Å². The summed E-state index contributed by atoms with van der Waals surface area (Å²) < 4.78 is 44.7. The summed E-state index contributed by atoms with van der Waals surface area (Å²) in [4.78, 5) is 30.7. The van der Waals surface area contributed by atoms with Crippen LogP contribution in [0.15, 0.2) is 18.3 Å². The molecule has 0 radical (unpaired) electrons. The Kier molecular flexibility index (Phi) is 5.60. The molecule has 4 atom stereocenters. The minimum atomic E-state index is -4.61. The number of nitrogens with zero attached hydrogens (tertiary/aromatic N) is 3. The topological polar surface area (TPSA) is 103 Å². The van der Waals surface area contributed by atoms with E-state index < -0.39 is 42.0 Å². The van der Waals surface area contributed by atoms with Gasteiger partial charge in [-0.05, 0) is 30.9 Å². The van der Waals surface area contributed by atoms with Gasteiger partial charge in [-0.25, -0.2) is 14.7 Å². The van der Waals surface area contributed by atoms with Crippen LogP contribution in [-0.4, -0.2) is 70.5 Å². The van der Waals surface area contributed by atoms with E-state index >= 15 is 0 Å². The Hall–Kier alpha value is -2.24. The molecule has 0 spiro atoms. The van der Waals surface area contributed by atoms with Crippen LogP contribution in [-0.2, 0) is 15.7 Å². The molecule has 8 nitrogen and oxygen atoms in total. The van der Waals surface area contributed by atoms with Crippen LogP contribution in [0.25, 0.3) is 0 Å². The first kappa shape index (κ1) is 20.5. The summed E-state index contributed by atoms with van der Waals surface area (Å²) in [5, 5.41) is 19.2. The van der Waals surface area contributed by atoms with E-state index in [9.17, 15) is 33.0 Å². The fourth-order valence-corrected chi connectivity index (χ4v) is 3.40. The number of hydrogen-bond acceptors (Lipinski definition) is 6. The van der Waals surface area contributed by atoms with E-state index in [1.807, 2.05) is 0 Å². The lowest BCUT2D eigenvalue weighted by atomic mass is 9.85. The summed E-state index contributed by atoms with van der Waals surface area (Å²) in [6.07, 6.45) is -6.86. The highest BCUT2D eigenvalue weighted by Gasteiger charge is 2.44. The number of ether oxygens (including phenoxy) is 1. The minimum absolute atomic E-state index is 0.000422. The van der Waals surface area contributed by atoms with Crippen molar-refractivity contribution >= 4 is 17.6 Å². The van der Waals surface area contributed by atoms with Crippen molar-refractivity contribution in [1.82, 2.24) is 9.88 Å². The molecule has 3 rings (SSSR count). The first-order valence-corrected chi connectivity index (χ1v) is 8.67. The second-order valence-electron chi connectivity index (χ2n) is 6.95. The number of aliphatic hydroxyl groups is 2. The number of Topliss-reactive ketones (excluding diaryl/α,β-unsaturated/α-hetero) is 1. The van der Waals surface area contributed by atoms with Crippen molar-refractivity contribution in [3.8, 4) is 0 Å². The lowest BCUT2D eigenvalue weighted by Crippen LogP contribution is -2.47. The quantitative estimate of drug-likeness (QED) is 0.778. The summed E-state index contributed by atoms with van der Waals surface area (Å²) in [5.41, 5.74) is -0.969. The smallest absolute Gasteiger partial charge is 0.396 e. The van der Waals surface area contributed by atoms with E-state index in [4.69, 9.17) is 4.74 Å².